The van der Waals surface area contributed by atoms with Gasteiger partial charge in [-0.15, -0.1) is 0 Å². The van der Waals surface area contributed by atoms with Gasteiger partial charge < -0.3 is 15.3 Å². The van der Waals surface area contributed by atoms with Crippen molar-refractivity contribution in [1.29, 1.82) is 0 Å². The van der Waals surface area contributed by atoms with Crippen LogP contribution in [0, 0.1) is 5.92 Å². The van der Waals surface area contributed by atoms with Crippen LogP contribution in [0.15, 0.2) is 30.3 Å². The van der Waals surface area contributed by atoms with Gasteiger partial charge in [0.1, 0.15) is 0 Å². The van der Waals surface area contributed by atoms with E-state index in [-0.39, 0.29) is 6.03 Å². The summed E-state index contributed by atoms with van der Waals surface area (Å²) in [6.07, 6.45) is 9.92. The maximum absolute atomic E-state index is 12.6. The van der Waals surface area contributed by atoms with Crippen molar-refractivity contribution in [2.24, 2.45) is 5.92 Å². The lowest BCUT2D eigenvalue weighted by molar-refractivity contribution is -0.00406. The number of hydrogen-bond acceptors (Lipinski definition) is 2. The molecule has 1 aliphatic heterocycles. The first-order valence-corrected chi connectivity index (χ1v) is 9.52. The number of carbonyl (C=O) groups is 1. The molecule has 1 saturated heterocycles. The molecule has 1 heterocycles. The van der Waals surface area contributed by atoms with E-state index in [4.69, 9.17) is 0 Å². The summed E-state index contributed by atoms with van der Waals surface area (Å²) in [6, 6.07) is 9.43. The molecule has 3 rings (SSSR count). The van der Waals surface area contributed by atoms with Crippen LogP contribution in [0.5, 0.6) is 0 Å². The van der Waals surface area contributed by atoms with Crippen LogP contribution in [-0.4, -0.2) is 29.1 Å². The molecule has 1 aromatic rings. The Bertz CT molecular complexity index is 524. The second-order valence-electron chi connectivity index (χ2n) is 7.39. The van der Waals surface area contributed by atoms with Crippen molar-refractivity contribution in [3.63, 3.8) is 0 Å². The van der Waals surface area contributed by atoms with Crippen LogP contribution in [0.2, 0.25) is 0 Å². The number of hydrogen-bond donors (Lipinski definition) is 2. The molecule has 132 valence electrons. The molecule has 24 heavy (non-hydrogen) atoms. The Kier molecular flexibility index (Phi) is 5.77. The number of likely N-dealkylation sites (tertiary alicyclic amines) is 1. The number of amides is 2. The third-order valence-electron chi connectivity index (χ3n) is 5.31. The average molecular weight is 330 g/mol. The fourth-order valence-corrected chi connectivity index (χ4v) is 3.57. The van der Waals surface area contributed by atoms with Gasteiger partial charge in [-0.1, -0.05) is 56.0 Å². The van der Waals surface area contributed by atoms with Crippen LogP contribution < -0.4 is 5.32 Å². The van der Waals surface area contributed by atoms with E-state index in [0.717, 1.165) is 50.3 Å². The summed E-state index contributed by atoms with van der Waals surface area (Å²) in [7, 11) is 0. The second kappa shape index (κ2) is 8.02. The predicted molar refractivity (Wildman–Crippen MR) is 95.5 cm³/mol. The van der Waals surface area contributed by atoms with Crippen LogP contribution in [0.4, 0.5) is 4.79 Å². The van der Waals surface area contributed by atoms with Crippen LogP contribution in [0.3, 0.4) is 0 Å². The average Bonchev–Trinajstić information content (AvgIpc) is 3.45. The zero-order valence-corrected chi connectivity index (χ0v) is 14.5. The topological polar surface area (TPSA) is 52.6 Å². The second-order valence-corrected chi connectivity index (χ2v) is 7.39. The molecule has 0 bridgehead atoms. The van der Waals surface area contributed by atoms with E-state index in [9.17, 15) is 9.90 Å². The van der Waals surface area contributed by atoms with Gasteiger partial charge in [0.05, 0.1) is 0 Å². The van der Waals surface area contributed by atoms with Crippen LogP contribution >= 0.6 is 0 Å². The van der Waals surface area contributed by atoms with Crippen LogP contribution in [0.1, 0.15) is 63.4 Å². The molecule has 1 aromatic carbocycles. The van der Waals surface area contributed by atoms with Gasteiger partial charge in [-0.2, -0.15) is 0 Å². The summed E-state index contributed by atoms with van der Waals surface area (Å²) in [4.78, 5) is 14.4. The fraction of sp³-hybridized carbons (Fsp3) is 0.650. The van der Waals surface area contributed by atoms with E-state index in [1.165, 1.54) is 25.7 Å². The normalized spacial score (nSPS) is 20.5. The largest absolute Gasteiger partial charge is 0.367 e. The first-order chi connectivity index (χ1) is 11.7. The summed E-state index contributed by atoms with van der Waals surface area (Å²) >= 11 is 0. The molecular formula is C20H30N2O2. The SMILES string of the molecule is O=C(N[C@](O)(CCCCC1CC1)c1ccccc1)N1CCCCC1. The van der Waals surface area contributed by atoms with Crippen molar-refractivity contribution in [2.75, 3.05) is 13.1 Å². The van der Waals surface area contributed by atoms with Gasteiger partial charge in [0, 0.05) is 18.7 Å². The summed E-state index contributed by atoms with van der Waals surface area (Å²) in [5, 5.41) is 14.1. The van der Waals surface area contributed by atoms with Gasteiger partial charge in [-0.25, -0.2) is 4.79 Å². The van der Waals surface area contributed by atoms with Crippen LogP contribution in [0.25, 0.3) is 0 Å². The molecule has 4 nitrogen and oxygen atoms in total. The predicted octanol–water partition coefficient (Wildman–Crippen LogP) is 4.00. The van der Waals surface area contributed by atoms with E-state index in [0.29, 0.717) is 6.42 Å². The minimum Gasteiger partial charge on any atom is -0.367 e. The summed E-state index contributed by atoms with van der Waals surface area (Å²) < 4.78 is 0. The number of nitrogens with one attached hydrogen (secondary N) is 1. The molecule has 1 saturated carbocycles. The zero-order valence-electron chi connectivity index (χ0n) is 14.5. The lowest BCUT2D eigenvalue weighted by Gasteiger charge is -2.34. The maximum Gasteiger partial charge on any atom is 0.319 e. The number of piperidine rings is 1. The van der Waals surface area contributed by atoms with Gasteiger partial charge in [-0.05, 0) is 38.0 Å². The first kappa shape index (κ1) is 17.3. The molecule has 0 unspecified atom stereocenters. The molecule has 2 amide bonds. The zero-order chi connectivity index (χ0) is 16.8. The highest BCUT2D eigenvalue weighted by molar-refractivity contribution is 5.75. The van der Waals surface area contributed by atoms with E-state index in [1.54, 1.807) is 0 Å². The maximum atomic E-state index is 12.6. The van der Waals surface area contributed by atoms with Gasteiger partial charge in [0.25, 0.3) is 0 Å². The summed E-state index contributed by atoms with van der Waals surface area (Å²) in [5.41, 5.74) is -0.485. The molecule has 0 spiro atoms. The monoisotopic (exact) mass is 330 g/mol. The van der Waals surface area contributed by atoms with Gasteiger partial charge in [-0.3, -0.25) is 0 Å². The highest BCUT2D eigenvalue weighted by atomic mass is 16.3. The Morgan fingerprint density at radius 2 is 1.83 bits per heavy atom. The summed E-state index contributed by atoms with van der Waals surface area (Å²) in [6.45, 7) is 1.58. The van der Waals surface area contributed by atoms with Crippen molar-refractivity contribution in [2.45, 2.75) is 63.5 Å². The number of unbranched alkanes of at least 4 members (excludes halogenated alkanes) is 1. The third-order valence-corrected chi connectivity index (χ3v) is 5.31. The minimum absolute atomic E-state index is 0.136. The van der Waals surface area contributed by atoms with Crippen molar-refractivity contribution in [3.8, 4) is 0 Å². The van der Waals surface area contributed by atoms with E-state index < -0.39 is 5.72 Å². The smallest absolute Gasteiger partial charge is 0.319 e. The lowest BCUT2D eigenvalue weighted by Crippen LogP contribution is -2.52. The molecule has 0 radical (unpaired) electrons. The third kappa shape index (κ3) is 4.73. The van der Waals surface area contributed by atoms with Crippen molar-refractivity contribution < 1.29 is 9.90 Å². The Labute approximate surface area is 145 Å². The van der Waals surface area contributed by atoms with Gasteiger partial charge in [0.15, 0.2) is 5.72 Å². The van der Waals surface area contributed by atoms with Gasteiger partial charge >= 0.3 is 6.03 Å². The Morgan fingerprint density at radius 1 is 1.12 bits per heavy atom. The number of rotatable bonds is 7. The molecule has 4 heteroatoms. The van der Waals surface area contributed by atoms with Crippen molar-refractivity contribution in [3.05, 3.63) is 35.9 Å². The number of benzene rings is 1. The highest BCUT2D eigenvalue weighted by Crippen LogP contribution is 2.35. The van der Waals surface area contributed by atoms with Gasteiger partial charge in [0.2, 0.25) is 0 Å². The lowest BCUT2D eigenvalue weighted by atomic mass is 9.95. The van der Waals surface area contributed by atoms with E-state index in [2.05, 4.69) is 5.32 Å². The molecule has 0 aromatic heterocycles. The summed E-state index contributed by atoms with van der Waals surface area (Å²) in [5.74, 6) is 0.915. The number of aliphatic hydroxyl groups is 1. The Balaban J connectivity index is 1.62. The van der Waals surface area contributed by atoms with Crippen LogP contribution in [-0.2, 0) is 5.72 Å². The van der Waals surface area contributed by atoms with E-state index >= 15 is 0 Å². The van der Waals surface area contributed by atoms with E-state index in [1.807, 2.05) is 35.2 Å². The molecular weight excluding hydrogens is 300 g/mol. The molecule has 1 aliphatic carbocycles. The minimum atomic E-state index is -1.26. The number of nitrogens with zero attached hydrogens (tertiary/aromatic N) is 1. The highest BCUT2D eigenvalue weighted by Gasteiger charge is 2.33. The van der Waals surface area contributed by atoms with Crippen molar-refractivity contribution >= 4 is 6.03 Å². The standard InChI is InChI=1S/C20H30N2O2/c23-19(22-15-7-2-8-16-22)21-20(24,18-10-3-1-4-11-18)14-6-5-9-17-12-13-17/h1,3-4,10-11,17,24H,2,5-9,12-16H2,(H,21,23)/t20-/m0/s1. The Morgan fingerprint density at radius 3 is 2.50 bits per heavy atom. The molecule has 1 atom stereocenters. The number of carbonyl (C=O) groups excluding carboxylic acids is 1. The fourth-order valence-electron chi connectivity index (χ4n) is 3.57. The molecule has 2 fully saturated rings. The molecule has 2 aliphatic rings. The number of urea groups is 1. The van der Waals surface area contributed by atoms with Crippen molar-refractivity contribution in [1.82, 2.24) is 10.2 Å². The quantitative estimate of drug-likeness (QED) is 0.586. The Hall–Kier alpha value is -1.55. The first-order valence-electron chi connectivity index (χ1n) is 9.52. The molecule has 2 N–H and O–H groups in total.